The maximum Gasteiger partial charge on any atom is 0.0645 e. The van der Waals surface area contributed by atoms with Crippen LogP contribution in [-0.4, -0.2) is 36.5 Å². The Labute approximate surface area is 218 Å². The minimum atomic E-state index is 0.209. The molecule has 0 spiro atoms. The van der Waals surface area contributed by atoms with Crippen molar-refractivity contribution in [3.8, 4) is 0 Å². The summed E-state index contributed by atoms with van der Waals surface area (Å²) in [4.78, 5) is 0. The van der Waals surface area contributed by atoms with Crippen LogP contribution in [0.25, 0.3) is 0 Å². The van der Waals surface area contributed by atoms with Gasteiger partial charge in [0.25, 0.3) is 0 Å². The monoisotopic (exact) mass is 490 g/mol. The molecule has 4 nitrogen and oxygen atoms in total. The number of hydrogen-bond donors (Lipinski definition) is 4. The Bertz CT molecular complexity index is 807. The third-order valence-electron chi connectivity index (χ3n) is 7.51. The summed E-state index contributed by atoms with van der Waals surface area (Å²) in [6.07, 6.45) is 17.3. The topological polar surface area (TPSA) is 64.5 Å². The molecule has 0 aliphatic heterocycles. The predicted octanol–water partition coefficient (Wildman–Crippen LogP) is 7.20. The summed E-state index contributed by atoms with van der Waals surface area (Å²) >= 11 is 0. The van der Waals surface area contributed by atoms with Gasteiger partial charge in [-0.2, -0.15) is 0 Å². The molecule has 2 aliphatic rings. The quantitative estimate of drug-likeness (QED) is 0.266. The van der Waals surface area contributed by atoms with Crippen molar-refractivity contribution in [2.24, 2.45) is 11.8 Å². The van der Waals surface area contributed by atoms with Crippen LogP contribution in [0.5, 0.6) is 0 Å². The summed E-state index contributed by atoms with van der Waals surface area (Å²) < 4.78 is 0. The second kappa shape index (κ2) is 17.0. The number of benzene rings is 2. The number of rotatable bonds is 10. The van der Waals surface area contributed by atoms with Gasteiger partial charge in [-0.25, -0.2) is 0 Å². The molecule has 0 saturated heterocycles. The van der Waals surface area contributed by atoms with Crippen LogP contribution in [0.15, 0.2) is 84.0 Å². The van der Waals surface area contributed by atoms with Crippen molar-refractivity contribution < 1.29 is 10.2 Å². The third kappa shape index (κ3) is 10.2. The van der Waals surface area contributed by atoms with Gasteiger partial charge in [-0.05, 0) is 72.9 Å². The van der Waals surface area contributed by atoms with E-state index in [9.17, 15) is 10.2 Å². The van der Waals surface area contributed by atoms with E-state index in [1.165, 1.54) is 75.4 Å². The molecule has 0 amide bonds. The average Bonchev–Trinajstić information content (AvgIpc) is 2.96. The molecular weight excluding hydrogens is 444 g/mol. The second-order valence-electron chi connectivity index (χ2n) is 10.0. The van der Waals surface area contributed by atoms with E-state index in [1.54, 1.807) is 0 Å². The zero-order valence-electron chi connectivity index (χ0n) is 21.9. The van der Waals surface area contributed by atoms with Crippen molar-refractivity contribution in [3.05, 3.63) is 84.0 Å². The van der Waals surface area contributed by atoms with Crippen LogP contribution in [-0.2, 0) is 0 Å². The fraction of sp³-hybridized carbons (Fsp3) is 0.500. The molecule has 4 heteroatoms. The van der Waals surface area contributed by atoms with Crippen molar-refractivity contribution in [3.63, 3.8) is 0 Å². The van der Waals surface area contributed by atoms with Crippen LogP contribution in [0, 0.1) is 11.8 Å². The van der Waals surface area contributed by atoms with Gasteiger partial charge in [0.2, 0.25) is 0 Å². The standard InChI is InChI=1S/2C16H23NO/c2*18-13-15(14-7-3-1-4-8-14)11-12-17-16-9-5-2-6-10-16/h2*2,5-6,9-11,14,17-18H,1,3-4,7-8,12-13H2/b2*15-11+. The molecule has 196 valence electrons. The minimum Gasteiger partial charge on any atom is -0.392 e. The summed E-state index contributed by atoms with van der Waals surface area (Å²) in [5, 5.41) is 25.7. The molecule has 0 bridgehead atoms. The summed E-state index contributed by atoms with van der Waals surface area (Å²) in [7, 11) is 0. The Hall–Kier alpha value is -2.56. The molecule has 0 radical (unpaired) electrons. The molecule has 2 saturated carbocycles. The third-order valence-corrected chi connectivity index (χ3v) is 7.51. The van der Waals surface area contributed by atoms with E-state index in [0.29, 0.717) is 11.8 Å². The molecule has 4 rings (SSSR count). The molecule has 2 fully saturated rings. The number of nitrogens with one attached hydrogen (secondary N) is 2. The van der Waals surface area contributed by atoms with E-state index in [1.807, 2.05) is 36.4 Å². The van der Waals surface area contributed by atoms with Gasteiger partial charge in [-0.15, -0.1) is 0 Å². The maximum absolute atomic E-state index is 9.48. The average molecular weight is 491 g/mol. The Morgan fingerprint density at radius 1 is 0.583 bits per heavy atom. The summed E-state index contributed by atoms with van der Waals surface area (Å²) in [5.74, 6) is 1.22. The number of aliphatic hydroxyl groups is 2. The highest BCUT2D eigenvalue weighted by Crippen LogP contribution is 2.30. The minimum absolute atomic E-state index is 0.209. The van der Waals surface area contributed by atoms with Gasteiger partial charge in [-0.1, -0.05) is 87.1 Å². The second-order valence-corrected chi connectivity index (χ2v) is 10.0. The number of para-hydroxylation sites is 2. The van der Waals surface area contributed by atoms with Crippen LogP contribution in [0.1, 0.15) is 64.2 Å². The highest BCUT2D eigenvalue weighted by molar-refractivity contribution is 5.43. The Morgan fingerprint density at radius 3 is 1.28 bits per heavy atom. The van der Waals surface area contributed by atoms with Crippen LogP contribution in [0.2, 0.25) is 0 Å². The molecule has 0 aromatic heterocycles. The first-order chi connectivity index (χ1) is 17.8. The number of anilines is 2. The van der Waals surface area contributed by atoms with Gasteiger partial charge in [0.05, 0.1) is 13.2 Å². The van der Waals surface area contributed by atoms with Crippen LogP contribution >= 0.6 is 0 Å². The smallest absolute Gasteiger partial charge is 0.0645 e. The van der Waals surface area contributed by atoms with Crippen LogP contribution in [0.4, 0.5) is 11.4 Å². The number of aliphatic hydroxyl groups excluding tert-OH is 2. The van der Waals surface area contributed by atoms with Crippen molar-refractivity contribution in [1.82, 2.24) is 0 Å². The van der Waals surface area contributed by atoms with E-state index in [2.05, 4.69) is 47.1 Å². The molecular formula is C32H46N2O2. The Morgan fingerprint density at radius 2 is 0.944 bits per heavy atom. The Kier molecular flexibility index (Phi) is 13.2. The van der Waals surface area contributed by atoms with E-state index in [-0.39, 0.29) is 13.2 Å². The van der Waals surface area contributed by atoms with Crippen molar-refractivity contribution in [2.75, 3.05) is 36.9 Å². The highest BCUT2D eigenvalue weighted by atomic mass is 16.3. The molecule has 0 unspecified atom stereocenters. The lowest BCUT2D eigenvalue weighted by molar-refractivity contribution is 0.292. The van der Waals surface area contributed by atoms with E-state index < -0.39 is 0 Å². The lowest BCUT2D eigenvalue weighted by Crippen LogP contribution is -2.13. The maximum atomic E-state index is 9.48. The zero-order chi connectivity index (χ0) is 25.3. The van der Waals surface area contributed by atoms with Gasteiger partial charge in [-0.3, -0.25) is 0 Å². The SMILES string of the molecule is OC/C(=C\CNc1ccccc1)C1CCCCC1.OC/C(=C\CNc1ccccc1)C1CCCCC1. The van der Waals surface area contributed by atoms with Crippen molar-refractivity contribution >= 4 is 11.4 Å². The fourth-order valence-corrected chi connectivity index (χ4v) is 5.38. The van der Waals surface area contributed by atoms with E-state index in [4.69, 9.17) is 0 Å². The predicted molar refractivity (Wildman–Crippen MR) is 153 cm³/mol. The van der Waals surface area contributed by atoms with Gasteiger partial charge < -0.3 is 20.8 Å². The lowest BCUT2D eigenvalue weighted by Gasteiger charge is -2.23. The summed E-state index contributed by atoms with van der Waals surface area (Å²) in [5.41, 5.74) is 4.71. The Balaban J connectivity index is 0.000000201. The summed E-state index contributed by atoms with van der Waals surface area (Å²) in [6, 6.07) is 20.4. The molecule has 0 heterocycles. The largest absolute Gasteiger partial charge is 0.392 e. The molecule has 36 heavy (non-hydrogen) atoms. The summed E-state index contributed by atoms with van der Waals surface area (Å²) in [6.45, 7) is 2.02. The van der Waals surface area contributed by atoms with Crippen LogP contribution < -0.4 is 10.6 Å². The first-order valence-electron chi connectivity index (χ1n) is 14.0. The molecule has 0 atom stereocenters. The fourth-order valence-electron chi connectivity index (χ4n) is 5.38. The molecule has 2 aromatic rings. The zero-order valence-corrected chi connectivity index (χ0v) is 21.9. The van der Waals surface area contributed by atoms with E-state index in [0.717, 1.165) is 24.5 Å². The van der Waals surface area contributed by atoms with Crippen molar-refractivity contribution in [1.29, 1.82) is 0 Å². The molecule has 4 N–H and O–H groups in total. The van der Waals surface area contributed by atoms with Crippen molar-refractivity contribution in [2.45, 2.75) is 64.2 Å². The normalized spacial score (nSPS) is 17.7. The van der Waals surface area contributed by atoms with Gasteiger partial charge in [0, 0.05) is 24.5 Å². The van der Waals surface area contributed by atoms with Gasteiger partial charge in [0.15, 0.2) is 0 Å². The van der Waals surface area contributed by atoms with Gasteiger partial charge in [0.1, 0.15) is 0 Å². The lowest BCUT2D eigenvalue weighted by atomic mass is 9.84. The van der Waals surface area contributed by atoms with Crippen LogP contribution in [0.3, 0.4) is 0 Å². The van der Waals surface area contributed by atoms with E-state index >= 15 is 0 Å². The number of hydrogen-bond acceptors (Lipinski definition) is 4. The first-order valence-corrected chi connectivity index (χ1v) is 14.0. The highest BCUT2D eigenvalue weighted by Gasteiger charge is 2.17. The molecule has 2 aromatic carbocycles. The first kappa shape index (κ1) is 28.0. The van der Waals surface area contributed by atoms with Gasteiger partial charge >= 0.3 is 0 Å². The molecule has 2 aliphatic carbocycles.